The maximum absolute atomic E-state index is 10.9. The van der Waals surface area contributed by atoms with E-state index in [4.69, 9.17) is 5.11 Å². The fraction of sp³-hybridized carbons (Fsp3) is 0.684. The molecule has 0 radical (unpaired) electrons. The molecule has 2 heterocycles. The molecule has 0 amide bonds. The van der Waals surface area contributed by atoms with Crippen LogP contribution in [0.15, 0.2) is 24.4 Å². The van der Waals surface area contributed by atoms with Gasteiger partial charge in [0.15, 0.2) is 0 Å². The van der Waals surface area contributed by atoms with Crippen molar-refractivity contribution in [3.05, 3.63) is 24.4 Å². The van der Waals surface area contributed by atoms with Crippen molar-refractivity contribution in [2.24, 2.45) is 0 Å². The van der Waals surface area contributed by atoms with Crippen molar-refractivity contribution in [2.75, 3.05) is 44.6 Å². The molecule has 0 bridgehead atoms. The lowest BCUT2D eigenvalue weighted by molar-refractivity contribution is -0.144. The zero-order valence-corrected chi connectivity index (χ0v) is 15.3. The van der Waals surface area contributed by atoms with Crippen molar-refractivity contribution >= 4 is 11.8 Å². The standard InChI is InChI=1S/C19H30N4O3/c24-18(25)15-19(26)6-4-16(5-7-19)23-13-11-22(12-14-23)10-9-21-17-3-1-2-8-20-17/h1-3,8,16,26H,4-7,9-15H2,(H,20,21)(H,24,25). The second kappa shape index (κ2) is 8.79. The molecule has 1 saturated heterocycles. The highest BCUT2D eigenvalue weighted by molar-refractivity contribution is 5.68. The quantitative estimate of drug-likeness (QED) is 0.673. The number of nitrogens with zero attached hydrogens (tertiary/aromatic N) is 3. The topological polar surface area (TPSA) is 88.9 Å². The first-order valence-corrected chi connectivity index (χ1v) is 9.60. The molecule has 1 aliphatic heterocycles. The van der Waals surface area contributed by atoms with Crippen molar-refractivity contribution in [1.29, 1.82) is 0 Å². The van der Waals surface area contributed by atoms with Crippen LogP contribution in [0.5, 0.6) is 0 Å². The van der Waals surface area contributed by atoms with Crippen LogP contribution in [0.4, 0.5) is 5.82 Å². The first kappa shape index (κ1) is 19.1. The number of aliphatic carboxylic acids is 1. The molecule has 2 aliphatic rings. The monoisotopic (exact) mass is 362 g/mol. The highest BCUT2D eigenvalue weighted by Crippen LogP contribution is 2.33. The molecule has 3 rings (SSSR count). The van der Waals surface area contributed by atoms with Gasteiger partial charge in [-0.2, -0.15) is 0 Å². The number of nitrogens with one attached hydrogen (secondary N) is 1. The highest BCUT2D eigenvalue weighted by atomic mass is 16.4. The third-order valence-electron chi connectivity index (χ3n) is 5.69. The second-order valence-corrected chi connectivity index (χ2v) is 7.55. The molecule has 1 saturated carbocycles. The van der Waals surface area contributed by atoms with Gasteiger partial charge in [-0.1, -0.05) is 6.07 Å². The second-order valence-electron chi connectivity index (χ2n) is 7.55. The molecule has 144 valence electrons. The van der Waals surface area contributed by atoms with Crippen molar-refractivity contribution in [1.82, 2.24) is 14.8 Å². The molecule has 1 aromatic heterocycles. The average Bonchev–Trinajstić information content (AvgIpc) is 2.63. The summed E-state index contributed by atoms with van der Waals surface area (Å²) in [5.41, 5.74) is -0.999. The van der Waals surface area contributed by atoms with Gasteiger partial charge in [-0.05, 0) is 37.8 Å². The van der Waals surface area contributed by atoms with E-state index in [1.165, 1.54) is 0 Å². The molecule has 2 fully saturated rings. The van der Waals surface area contributed by atoms with Crippen molar-refractivity contribution in [3.63, 3.8) is 0 Å². The van der Waals surface area contributed by atoms with Gasteiger partial charge in [0, 0.05) is 51.5 Å². The summed E-state index contributed by atoms with van der Waals surface area (Å²) in [6, 6.07) is 6.36. The normalized spacial score (nSPS) is 28.0. The summed E-state index contributed by atoms with van der Waals surface area (Å²) in [5.74, 6) is 0.0149. The lowest BCUT2D eigenvalue weighted by Crippen LogP contribution is -2.53. The minimum absolute atomic E-state index is 0.128. The SMILES string of the molecule is O=C(O)CC1(O)CCC(N2CCN(CCNc3ccccn3)CC2)CC1. The molecule has 7 heteroatoms. The Kier molecular flexibility index (Phi) is 6.45. The van der Waals surface area contributed by atoms with Gasteiger partial charge in [0.25, 0.3) is 0 Å². The van der Waals surface area contributed by atoms with E-state index in [1.54, 1.807) is 6.20 Å². The smallest absolute Gasteiger partial charge is 0.306 e. The predicted molar refractivity (Wildman–Crippen MR) is 100 cm³/mol. The lowest BCUT2D eigenvalue weighted by Gasteiger charge is -2.43. The first-order chi connectivity index (χ1) is 12.5. The minimum atomic E-state index is -0.999. The Morgan fingerprint density at radius 3 is 2.58 bits per heavy atom. The Hall–Kier alpha value is -1.70. The highest BCUT2D eigenvalue weighted by Gasteiger charge is 2.37. The zero-order valence-electron chi connectivity index (χ0n) is 15.3. The van der Waals surface area contributed by atoms with E-state index in [2.05, 4.69) is 20.1 Å². The van der Waals surface area contributed by atoms with E-state index < -0.39 is 11.6 Å². The fourth-order valence-electron chi connectivity index (χ4n) is 4.12. The third-order valence-corrected chi connectivity index (χ3v) is 5.69. The Labute approximate surface area is 155 Å². The summed E-state index contributed by atoms with van der Waals surface area (Å²) in [6.45, 7) is 6.10. The Bertz CT molecular complexity index is 567. The molecule has 1 aromatic rings. The molecule has 3 N–H and O–H groups in total. The predicted octanol–water partition coefficient (Wildman–Crippen LogP) is 1.26. The molecule has 0 unspecified atom stereocenters. The number of aliphatic hydroxyl groups is 1. The Morgan fingerprint density at radius 1 is 1.23 bits per heavy atom. The van der Waals surface area contributed by atoms with Gasteiger partial charge in [-0.15, -0.1) is 0 Å². The molecule has 7 nitrogen and oxygen atoms in total. The van der Waals surface area contributed by atoms with E-state index in [9.17, 15) is 9.90 Å². The van der Waals surface area contributed by atoms with Crippen LogP contribution in [-0.4, -0.2) is 81.9 Å². The van der Waals surface area contributed by atoms with Crippen LogP contribution in [0.25, 0.3) is 0 Å². The number of piperazine rings is 1. The van der Waals surface area contributed by atoms with E-state index in [1.807, 2.05) is 18.2 Å². The van der Waals surface area contributed by atoms with Gasteiger partial charge in [0.05, 0.1) is 12.0 Å². The number of hydrogen-bond acceptors (Lipinski definition) is 6. The molecular formula is C19H30N4O3. The number of anilines is 1. The fourth-order valence-corrected chi connectivity index (χ4v) is 4.12. The van der Waals surface area contributed by atoms with Crippen LogP contribution in [0.3, 0.4) is 0 Å². The molecule has 0 atom stereocenters. The van der Waals surface area contributed by atoms with Gasteiger partial charge in [0.1, 0.15) is 5.82 Å². The number of aromatic nitrogens is 1. The van der Waals surface area contributed by atoms with Crippen LogP contribution in [0, 0.1) is 0 Å². The van der Waals surface area contributed by atoms with E-state index in [0.29, 0.717) is 18.9 Å². The van der Waals surface area contributed by atoms with E-state index >= 15 is 0 Å². The summed E-state index contributed by atoms with van der Waals surface area (Å²) >= 11 is 0. The zero-order chi connectivity index (χ0) is 18.4. The van der Waals surface area contributed by atoms with Crippen LogP contribution >= 0.6 is 0 Å². The third kappa shape index (κ3) is 5.40. The molecule has 0 aromatic carbocycles. The van der Waals surface area contributed by atoms with Crippen molar-refractivity contribution < 1.29 is 15.0 Å². The Morgan fingerprint density at radius 2 is 1.96 bits per heavy atom. The van der Waals surface area contributed by atoms with Crippen LogP contribution < -0.4 is 5.32 Å². The van der Waals surface area contributed by atoms with Gasteiger partial charge in [-0.25, -0.2) is 4.98 Å². The van der Waals surface area contributed by atoms with Crippen LogP contribution in [0.1, 0.15) is 32.1 Å². The van der Waals surface area contributed by atoms with Gasteiger partial charge >= 0.3 is 5.97 Å². The maximum Gasteiger partial charge on any atom is 0.306 e. The summed E-state index contributed by atoms with van der Waals surface area (Å²) in [4.78, 5) is 20.1. The van der Waals surface area contributed by atoms with Gasteiger partial charge in [-0.3, -0.25) is 14.6 Å². The number of carboxylic acids is 1. The maximum atomic E-state index is 10.9. The summed E-state index contributed by atoms with van der Waals surface area (Å²) in [6.07, 6.45) is 4.64. The molecule has 0 spiro atoms. The molecule has 1 aliphatic carbocycles. The largest absolute Gasteiger partial charge is 0.481 e. The van der Waals surface area contributed by atoms with Crippen molar-refractivity contribution in [3.8, 4) is 0 Å². The number of pyridine rings is 1. The Balaban J connectivity index is 1.34. The van der Waals surface area contributed by atoms with E-state index in [-0.39, 0.29) is 6.42 Å². The van der Waals surface area contributed by atoms with Gasteiger partial charge < -0.3 is 15.5 Å². The number of rotatable bonds is 7. The average molecular weight is 362 g/mol. The molecule has 26 heavy (non-hydrogen) atoms. The number of hydrogen-bond donors (Lipinski definition) is 3. The summed E-state index contributed by atoms with van der Waals surface area (Å²) < 4.78 is 0. The number of carbonyl (C=O) groups is 1. The van der Waals surface area contributed by atoms with Crippen LogP contribution in [0.2, 0.25) is 0 Å². The van der Waals surface area contributed by atoms with Crippen LogP contribution in [-0.2, 0) is 4.79 Å². The first-order valence-electron chi connectivity index (χ1n) is 9.60. The minimum Gasteiger partial charge on any atom is -0.481 e. The van der Waals surface area contributed by atoms with E-state index in [0.717, 1.165) is 57.9 Å². The summed E-state index contributed by atoms with van der Waals surface area (Å²) in [5, 5.41) is 22.7. The number of carboxylic acid groups (broad SMARTS) is 1. The van der Waals surface area contributed by atoms with Crippen molar-refractivity contribution in [2.45, 2.75) is 43.7 Å². The van der Waals surface area contributed by atoms with Gasteiger partial charge in [0.2, 0.25) is 0 Å². The lowest BCUT2D eigenvalue weighted by atomic mass is 9.79. The summed E-state index contributed by atoms with van der Waals surface area (Å²) in [7, 11) is 0. The molecular weight excluding hydrogens is 332 g/mol.